The summed E-state index contributed by atoms with van der Waals surface area (Å²) in [5.41, 5.74) is 0. The summed E-state index contributed by atoms with van der Waals surface area (Å²) in [7, 11) is 0. The van der Waals surface area contributed by atoms with Crippen LogP contribution in [0.15, 0.2) is 10.9 Å². The molecule has 1 aromatic rings. The molecule has 2 rings (SSSR count). The van der Waals surface area contributed by atoms with Crippen molar-refractivity contribution in [2.24, 2.45) is 0 Å². The van der Waals surface area contributed by atoms with Crippen LogP contribution < -0.4 is 0 Å². The van der Waals surface area contributed by atoms with E-state index in [-0.39, 0.29) is 0 Å². The standard InChI is InChI=1S/C8H12N2O/c1-2-4-7(5-3-1)8-9-6-10-11-8/h6-7H,1-5H2. The molecule has 0 saturated heterocycles. The molecular weight excluding hydrogens is 140 g/mol. The first-order valence-corrected chi connectivity index (χ1v) is 4.23. The Kier molecular flexibility index (Phi) is 1.88. The van der Waals surface area contributed by atoms with Crippen molar-refractivity contribution in [1.29, 1.82) is 0 Å². The molecule has 0 aliphatic heterocycles. The minimum Gasteiger partial charge on any atom is -0.339 e. The molecule has 1 heterocycles. The molecule has 0 atom stereocenters. The second kappa shape index (κ2) is 3.03. The predicted octanol–water partition coefficient (Wildman–Crippen LogP) is 2.12. The van der Waals surface area contributed by atoms with Crippen LogP contribution in [0.2, 0.25) is 0 Å². The van der Waals surface area contributed by atoms with E-state index in [4.69, 9.17) is 4.52 Å². The number of hydrogen-bond acceptors (Lipinski definition) is 3. The van der Waals surface area contributed by atoms with Crippen LogP contribution in [0.25, 0.3) is 0 Å². The van der Waals surface area contributed by atoms with Gasteiger partial charge in [-0.15, -0.1) is 0 Å². The lowest BCUT2D eigenvalue weighted by molar-refractivity contribution is 0.313. The molecule has 1 aliphatic rings. The summed E-state index contributed by atoms with van der Waals surface area (Å²) in [4.78, 5) is 4.06. The Hall–Kier alpha value is -0.860. The lowest BCUT2D eigenvalue weighted by atomic mass is 9.89. The van der Waals surface area contributed by atoms with Crippen molar-refractivity contribution in [1.82, 2.24) is 10.1 Å². The SMILES string of the molecule is c1noc(C2CCCCC2)n1. The van der Waals surface area contributed by atoms with E-state index in [1.54, 1.807) is 0 Å². The first-order valence-electron chi connectivity index (χ1n) is 4.23. The number of nitrogens with zero attached hydrogens (tertiary/aromatic N) is 2. The van der Waals surface area contributed by atoms with Gasteiger partial charge in [0.05, 0.1) is 0 Å². The molecule has 11 heavy (non-hydrogen) atoms. The highest BCUT2D eigenvalue weighted by molar-refractivity contribution is 4.90. The molecular formula is C8H12N2O. The number of hydrogen-bond donors (Lipinski definition) is 0. The number of aromatic nitrogens is 2. The van der Waals surface area contributed by atoms with Gasteiger partial charge in [0.1, 0.15) is 0 Å². The maximum absolute atomic E-state index is 5.01. The zero-order valence-corrected chi connectivity index (χ0v) is 6.49. The molecule has 0 bridgehead atoms. The van der Waals surface area contributed by atoms with Crippen LogP contribution in [-0.2, 0) is 0 Å². The highest BCUT2D eigenvalue weighted by Crippen LogP contribution is 2.30. The van der Waals surface area contributed by atoms with Crippen molar-refractivity contribution in [3.63, 3.8) is 0 Å². The van der Waals surface area contributed by atoms with Crippen LogP contribution in [0.5, 0.6) is 0 Å². The van der Waals surface area contributed by atoms with Gasteiger partial charge in [-0.3, -0.25) is 0 Å². The summed E-state index contributed by atoms with van der Waals surface area (Å²) in [5.74, 6) is 1.39. The van der Waals surface area contributed by atoms with E-state index in [0.29, 0.717) is 5.92 Å². The normalized spacial score (nSPS) is 20.4. The zero-order chi connectivity index (χ0) is 7.52. The third kappa shape index (κ3) is 1.42. The van der Waals surface area contributed by atoms with E-state index in [1.807, 2.05) is 0 Å². The van der Waals surface area contributed by atoms with Gasteiger partial charge >= 0.3 is 0 Å². The quantitative estimate of drug-likeness (QED) is 0.618. The Morgan fingerprint density at radius 2 is 2.09 bits per heavy atom. The molecule has 0 spiro atoms. The second-order valence-corrected chi connectivity index (χ2v) is 3.11. The van der Waals surface area contributed by atoms with Gasteiger partial charge in [-0.2, -0.15) is 4.98 Å². The first-order chi connectivity index (χ1) is 5.47. The topological polar surface area (TPSA) is 38.9 Å². The second-order valence-electron chi connectivity index (χ2n) is 3.11. The minimum absolute atomic E-state index is 0.547. The maximum Gasteiger partial charge on any atom is 0.229 e. The molecule has 1 saturated carbocycles. The Morgan fingerprint density at radius 1 is 1.27 bits per heavy atom. The van der Waals surface area contributed by atoms with Crippen molar-refractivity contribution in [3.05, 3.63) is 12.2 Å². The van der Waals surface area contributed by atoms with Crippen LogP contribution in [0.3, 0.4) is 0 Å². The third-order valence-electron chi connectivity index (χ3n) is 2.33. The van der Waals surface area contributed by atoms with E-state index in [1.165, 1.54) is 38.4 Å². The van der Waals surface area contributed by atoms with E-state index < -0.39 is 0 Å². The average Bonchev–Trinajstić information content (AvgIpc) is 2.58. The Labute approximate surface area is 65.8 Å². The lowest BCUT2D eigenvalue weighted by Gasteiger charge is -2.16. The van der Waals surface area contributed by atoms with Crippen LogP contribution >= 0.6 is 0 Å². The first kappa shape index (κ1) is 6.83. The fourth-order valence-corrected chi connectivity index (χ4v) is 1.71. The summed E-state index contributed by atoms with van der Waals surface area (Å²) < 4.78 is 5.01. The Bertz CT molecular complexity index is 202. The molecule has 0 aromatic carbocycles. The number of rotatable bonds is 1. The molecule has 0 N–H and O–H groups in total. The fourth-order valence-electron chi connectivity index (χ4n) is 1.71. The summed E-state index contributed by atoms with van der Waals surface area (Å²) >= 11 is 0. The molecule has 0 amide bonds. The molecule has 0 unspecified atom stereocenters. The molecule has 0 radical (unpaired) electrons. The summed E-state index contributed by atoms with van der Waals surface area (Å²) in [5, 5.41) is 3.61. The molecule has 60 valence electrons. The Balaban J connectivity index is 2.04. The lowest BCUT2D eigenvalue weighted by Crippen LogP contribution is -2.04. The summed E-state index contributed by atoms with van der Waals surface area (Å²) in [6.07, 6.45) is 7.93. The highest BCUT2D eigenvalue weighted by atomic mass is 16.5. The fraction of sp³-hybridized carbons (Fsp3) is 0.750. The van der Waals surface area contributed by atoms with Crippen molar-refractivity contribution in [2.75, 3.05) is 0 Å². The van der Waals surface area contributed by atoms with Gasteiger partial charge in [0.2, 0.25) is 5.89 Å². The van der Waals surface area contributed by atoms with Crippen molar-refractivity contribution >= 4 is 0 Å². The zero-order valence-electron chi connectivity index (χ0n) is 6.49. The van der Waals surface area contributed by atoms with Gasteiger partial charge in [-0.25, -0.2) is 0 Å². The van der Waals surface area contributed by atoms with Crippen LogP contribution in [0, 0.1) is 0 Å². The smallest absolute Gasteiger partial charge is 0.229 e. The van der Waals surface area contributed by atoms with Gasteiger partial charge in [-0.05, 0) is 12.8 Å². The molecule has 1 aliphatic carbocycles. The highest BCUT2D eigenvalue weighted by Gasteiger charge is 2.19. The van der Waals surface area contributed by atoms with Gasteiger partial charge in [0, 0.05) is 5.92 Å². The monoisotopic (exact) mass is 152 g/mol. The third-order valence-corrected chi connectivity index (χ3v) is 2.33. The average molecular weight is 152 g/mol. The van der Waals surface area contributed by atoms with E-state index in [9.17, 15) is 0 Å². The largest absolute Gasteiger partial charge is 0.339 e. The summed E-state index contributed by atoms with van der Waals surface area (Å²) in [6.45, 7) is 0. The minimum atomic E-state index is 0.547. The van der Waals surface area contributed by atoms with Gasteiger partial charge in [0.15, 0.2) is 6.33 Å². The Morgan fingerprint density at radius 3 is 2.73 bits per heavy atom. The van der Waals surface area contributed by atoms with Gasteiger partial charge in [-0.1, -0.05) is 24.4 Å². The van der Waals surface area contributed by atoms with Crippen LogP contribution in [-0.4, -0.2) is 10.1 Å². The molecule has 1 fully saturated rings. The maximum atomic E-state index is 5.01. The summed E-state index contributed by atoms with van der Waals surface area (Å²) in [6, 6.07) is 0. The van der Waals surface area contributed by atoms with E-state index in [0.717, 1.165) is 5.89 Å². The predicted molar refractivity (Wildman–Crippen MR) is 40.1 cm³/mol. The van der Waals surface area contributed by atoms with Crippen molar-refractivity contribution in [3.8, 4) is 0 Å². The molecule has 3 nitrogen and oxygen atoms in total. The van der Waals surface area contributed by atoms with Crippen LogP contribution in [0.4, 0.5) is 0 Å². The van der Waals surface area contributed by atoms with Crippen molar-refractivity contribution in [2.45, 2.75) is 38.0 Å². The van der Waals surface area contributed by atoms with E-state index >= 15 is 0 Å². The van der Waals surface area contributed by atoms with E-state index in [2.05, 4.69) is 10.1 Å². The molecule has 3 heteroatoms. The van der Waals surface area contributed by atoms with Gasteiger partial charge < -0.3 is 4.52 Å². The molecule has 1 aromatic heterocycles. The van der Waals surface area contributed by atoms with Crippen molar-refractivity contribution < 1.29 is 4.52 Å². The van der Waals surface area contributed by atoms with Gasteiger partial charge in [0.25, 0.3) is 0 Å². The van der Waals surface area contributed by atoms with Crippen LogP contribution in [0.1, 0.15) is 43.9 Å².